The predicted octanol–water partition coefficient (Wildman–Crippen LogP) is 7.33. The number of hydrogen-bond acceptors (Lipinski definition) is 5. The van der Waals surface area contributed by atoms with Crippen LogP contribution in [-0.2, 0) is 21.2 Å². The van der Waals surface area contributed by atoms with Crippen LogP contribution in [0.5, 0.6) is 5.75 Å². The maximum absolute atomic E-state index is 11.8. The molecule has 1 aliphatic rings. The highest BCUT2D eigenvalue weighted by atomic mass is 32.2. The largest absolute Gasteiger partial charge is 0.489 e. The van der Waals surface area contributed by atoms with Crippen LogP contribution in [0.2, 0.25) is 0 Å². The number of thiophene rings is 1. The number of fused-ring (bicyclic) bond motifs is 1. The number of carboxylic acid groups (broad SMARTS) is 1. The summed E-state index contributed by atoms with van der Waals surface area (Å²) in [7, 11) is -2.88. The van der Waals surface area contributed by atoms with Crippen molar-refractivity contribution in [2.24, 2.45) is 0 Å². The second-order valence-electron chi connectivity index (χ2n) is 10.4. The summed E-state index contributed by atoms with van der Waals surface area (Å²) in [5.74, 6) is 6.26. The van der Waals surface area contributed by atoms with Gasteiger partial charge in [0.05, 0.1) is 23.8 Å². The van der Waals surface area contributed by atoms with Crippen LogP contribution < -0.4 is 4.74 Å². The van der Waals surface area contributed by atoms with Crippen molar-refractivity contribution in [3.05, 3.63) is 88.3 Å². The van der Waals surface area contributed by atoms with Gasteiger partial charge in [0.15, 0.2) is 0 Å². The first-order chi connectivity index (χ1) is 19.2. The van der Waals surface area contributed by atoms with Crippen LogP contribution in [0.15, 0.2) is 66.0 Å². The summed E-state index contributed by atoms with van der Waals surface area (Å²) >= 11 is 1.71. The first-order valence-corrected chi connectivity index (χ1v) is 16.1. The Morgan fingerprint density at radius 3 is 2.48 bits per heavy atom. The summed E-state index contributed by atoms with van der Waals surface area (Å²) in [4.78, 5) is 11.2. The quantitative estimate of drug-likeness (QED) is 0.224. The molecule has 0 radical (unpaired) electrons. The lowest BCUT2D eigenvalue weighted by Crippen LogP contribution is -2.22. The molecule has 1 unspecified atom stereocenters. The van der Waals surface area contributed by atoms with Gasteiger partial charge in [0.25, 0.3) is 0 Å². The Kier molecular flexibility index (Phi) is 8.30. The number of rotatable bonds is 8. The van der Waals surface area contributed by atoms with E-state index in [4.69, 9.17) is 4.74 Å². The zero-order valence-corrected chi connectivity index (χ0v) is 24.3. The molecule has 206 valence electrons. The molecule has 1 aromatic heterocycles. The molecule has 0 saturated carbocycles. The van der Waals surface area contributed by atoms with Gasteiger partial charge in [-0.05, 0) is 84.0 Å². The van der Waals surface area contributed by atoms with Crippen LogP contribution >= 0.6 is 11.3 Å². The van der Waals surface area contributed by atoms with Crippen LogP contribution in [-0.4, -0.2) is 31.0 Å². The molecule has 40 heavy (non-hydrogen) atoms. The molecule has 1 aliphatic heterocycles. The van der Waals surface area contributed by atoms with E-state index in [1.54, 1.807) is 18.3 Å². The topological polar surface area (TPSA) is 80.7 Å². The minimum Gasteiger partial charge on any atom is -0.489 e. The Labute approximate surface area is 239 Å². The minimum absolute atomic E-state index is 0.0210. The van der Waals surface area contributed by atoms with Gasteiger partial charge in [-0.1, -0.05) is 48.4 Å². The normalized spacial score (nSPS) is 15.8. The Balaban J connectivity index is 1.31. The molecule has 0 aliphatic carbocycles. The zero-order valence-electron chi connectivity index (χ0n) is 22.6. The predicted molar refractivity (Wildman–Crippen MR) is 162 cm³/mol. The van der Waals surface area contributed by atoms with Crippen LogP contribution in [0.25, 0.3) is 21.2 Å². The van der Waals surface area contributed by atoms with Gasteiger partial charge in [0.1, 0.15) is 22.2 Å². The molecular weight excluding hydrogens is 540 g/mol. The maximum atomic E-state index is 11.8. The fourth-order valence-corrected chi connectivity index (χ4v) is 7.82. The summed E-state index contributed by atoms with van der Waals surface area (Å²) in [6, 6.07) is 20.5. The van der Waals surface area contributed by atoms with Crippen LogP contribution in [0, 0.1) is 18.8 Å². The van der Waals surface area contributed by atoms with Gasteiger partial charge in [0.2, 0.25) is 0 Å². The lowest BCUT2D eigenvalue weighted by atomic mass is 9.89. The molecule has 1 N–H and O–H groups in total. The average molecular weight is 573 g/mol. The molecule has 4 aromatic rings. The smallest absolute Gasteiger partial charge is 0.304 e. The number of aliphatic carboxylic acids is 1. The van der Waals surface area contributed by atoms with E-state index in [9.17, 15) is 18.3 Å². The molecule has 0 spiro atoms. The van der Waals surface area contributed by atoms with Gasteiger partial charge in [0, 0.05) is 15.6 Å². The lowest BCUT2D eigenvalue weighted by molar-refractivity contribution is -0.137. The fourth-order valence-electron chi connectivity index (χ4n) is 5.39. The Morgan fingerprint density at radius 1 is 1.05 bits per heavy atom. The van der Waals surface area contributed by atoms with E-state index in [1.165, 1.54) is 27.0 Å². The fraction of sp³-hybridized carbons (Fsp3) is 0.303. The van der Waals surface area contributed by atoms with Crippen LogP contribution in [0.1, 0.15) is 60.3 Å². The molecule has 0 amide bonds. The molecule has 1 fully saturated rings. The monoisotopic (exact) mass is 572 g/mol. The third-order valence-corrected chi connectivity index (χ3v) is 10.3. The van der Waals surface area contributed by atoms with Crippen molar-refractivity contribution in [1.82, 2.24) is 0 Å². The number of carbonyl (C=O) groups is 1. The second kappa shape index (κ2) is 11.9. The lowest BCUT2D eigenvalue weighted by Gasteiger charge is -2.23. The summed E-state index contributed by atoms with van der Waals surface area (Å²) in [5.41, 5.74) is 6.64. The number of hydrogen-bond donors (Lipinski definition) is 1. The van der Waals surface area contributed by atoms with Gasteiger partial charge in [-0.3, -0.25) is 4.79 Å². The Bertz CT molecular complexity index is 1690. The van der Waals surface area contributed by atoms with E-state index in [0.717, 1.165) is 22.3 Å². The Morgan fingerprint density at radius 2 is 1.80 bits per heavy atom. The van der Waals surface area contributed by atoms with Crippen LogP contribution in [0.4, 0.5) is 0 Å². The number of benzene rings is 3. The number of carboxylic acids is 1. The van der Waals surface area contributed by atoms with Gasteiger partial charge in [-0.25, -0.2) is 8.42 Å². The van der Waals surface area contributed by atoms with E-state index in [-0.39, 0.29) is 23.8 Å². The molecule has 7 heteroatoms. The summed E-state index contributed by atoms with van der Waals surface area (Å²) in [5, 5.41) is 12.5. The standard InChI is InChI=1S/C33H32O5S2/c1-3-4-26(18-33(34)35)24-7-5-23(6-8-24)20-38-28-10-12-32-30(19-28)31(21-39-32)29-11-9-27(17-22(29)2)25-13-15-40(36,37)16-14-25/h5-12,17,19,21,25-26H,13-16,18,20H2,1-2H3,(H,34,35). The second-order valence-corrected chi connectivity index (χ2v) is 13.6. The van der Waals surface area contributed by atoms with E-state index in [2.05, 4.69) is 54.5 Å². The van der Waals surface area contributed by atoms with E-state index in [1.807, 2.05) is 30.3 Å². The summed E-state index contributed by atoms with van der Waals surface area (Å²) in [6.07, 6.45) is 1.37. The molecule has 5 rings (SSSR count). The SMILES string of the molecule is CC#CC(CC(=O)O)c1ccc(COc2ccc3scc(-c4ccc(C5CCS(=O)(=O)CC5)cc4C)c3c2)cc1. The molecule has 1 saturated heterocycles. The highest BCUT2D eigenvalue weighted by molar-refractivity contribution is 7.91. The average Bonchev–Trinajstić information content (AvgIpc) is 3.35. The number of ether oxygens (including phenoxy) is 1. The third-order valence-electron chi connectivity index (χ3n) is 7.60. The van der Waals surface area contributed by atoms with Crippen molar-refractivity contribution >= 4 is 37.2 Å². The molecular formula is C33H32O5S2. The van der Waals surface area contributed by atoms with Gasteiger partial charge in [-0.15, -0.1) is 17.3 Å². The van der Waals surface area contributed by atoms with E-state index < -0.39 is 15.8 Å². The zero-order chi connectivity index (χ0) is 28.3. The van der Waals surface area contributed by atoms with Crippen molar-refractivity contribution in [3.8, 4) is 28.7 Å². The van der Waals surface area contributed by atoms with E-state index in [0.29, 0.717) is 25.4 Å². The third kappa shape index (κ3) is 6.41. The number of sulfone groups is 1. The highest BCUT2D eigenvalue weighted by Crippen LogP contribution is 2.39. The summed E-state index contributed by atoms with van der Waals surface area (Å²) in [6.45, 7) is 4.25. The molecule has 1 atom stereocenters. The van der Waals surface area contributed by atoms with Gasteiger partial charge < -0.3 is 9.84 Å². The molecule has 5 nitrogen and oxygen atoms in total. The molecule has 0 bridgehead atoms. The minimum atomic E-state index is -2.88. The van der Waals surface area contributed by atoms with E-state index >= 15 is 0 Å². The number of aryl methyl sites for hydroxylation is 1. The highest BCUT2D eigenvalue weighted by Gasteiger charge is 2.25. The van der Waals surface area contributed by atoms with Crippen molar-refractivity contribution in [2.45, 2.75) is 51.6 Å². The molecule has 3 aromatic carbocycles. The van der Waals surface area contributed by atoms with Crippen molar-refractivity contribution in [2.75, 3.05) is 11.5 Å². The maximum Gasteiger partial charge on any atom is 0.304 e. The van der Waals surface area contributed by atoms with Crippen molar-refractivity contribution < 1.29 is 23.1 Å². The first-order valence-electron chi connectivity index (χ1n) is 13.4. The van der Waals surface area contributed by atoms with Crippen molar-refractivity contribution in [1.29, 1.82) is 0 Å². The molecule has 2 heterocycles. The summed E-state index contributed by atoms with van der Waals surface area (Å²) < 4.78 is 31.0. The van der Waals surface area contributed by atoms with Gasteiger partial charge >= 0.3 is 5.97 Å². The van der Waals surface area contributed by atoms with Crippen molar-refractivity contribution in [3.63, 3.8) is 0 Å². The van der Waals surface area contributed by atoms with Crippen LogP contribution in [0.3, 0.4) is 0 Å². The first kappa shape index (κ1) is 27.9. The Hall–Kier alpha value is -3.60. The van der Waals surface area contributed by atoms with Gasteiger partial charge in [-0.2, -0.15) is 0 Å².